The second-order valence-electron chi connectivity index (χ2n) is 2.73. The lowest BCUT2D eigenvalue weighted by Crippen LogP contribution is -2.23. The van der Waals surface area contributed by atoms with Crippen LogP contribution in [0.1, 0.15) is 15.9 Å². The second-order valence-corrected chi connectivity index (χ2v) is 2.73. The number of carboxylic acids is 1. The van der Waals surface area contributed by atoms with Crippen LogP contribution in [-0.4, -0.2) is 11.9 Å². The molecule has 0 aromatic heterocycles. The molecule has 4 N–H and O–H groups in total. The van der Waals surface area contributed by atoms with Crippen LogP contribution in [0.3, 0.4) is 0 Å². The van der Waals surface area contributed by atoms with Crippen LogP contribution in [0.2, 0.25) is 0 Å². The molecule has 0 aliphatic rings. The zero-order chi connectivity index (χ0) is 10.6. The Bertz CT molecular complexity index is 353. The van der Waals surface area contributed by atoms with Crippen molar-refractivity contribution in [1.29, 1.82) is 0 Å². The number of guanidine groups is 1. The predicted octanol–water partition coefficient (Wildman–Crippen LogP) is -1.18. The molecule has 0 saturated heterocycles. The fraction of sp³-hybridized carbons (Fsp3) is 0.111. The maximum absolute atomic E-state index is 10.4. The molecule has 1 aromatic rings. The van der Waals surface area contributed by atoms with Crippen molar-refractivity contribution >= 4 is 11.9 Å². The molecule has 0 unspecified atom stereocenters. The average molecular weight is 192 g/mol. The smallest absolute Gasteiger partial charge is 0.186 e. The van der Waals surface area contributed by atoms with E-state index in [4.69, 9.17) is 11.5 Å². The normalized spacial score (nSPS) is 9.43. The SMILES string of the molecule is NC(N)=NCc1ccc(C(=O)[O-])cc1. The van der Waals surface area contributed by atoms with Gasteiger partial charge in [-0.05, 0) is 11.1 Å². The number of aliphatic imine (C=N–C) groups is 1. The van der Waals surface area contributed by atoms with Crippen LogP contribution in [0.5, 0.6) is 0 Å². The van der Waals surface area contributed by atoms with Gasteiger partial charge in [-0.15, -0.1) is 0 Å². The quantitative estimate of drug-likeness (QED) is 0.464. The van der Waals surface area contributed by atoms with Crippen molar-refractivity contribution in [3.63, 3.8) is 0 Å². The van der Waals surface area contributed by atoms with Crippen LogP contribution >= 0.6 is 0 Å². The van der Waals surface area contributed by atoms with Crippen LogP contribution < -0.4 is 16.6 Å². The van der Waals surface area contributed by atoms with Gasteiger partial charge in [0.05, 0.1) is 12.5 Å². The Labute approximate surface area is 81.1 Å². The van der Waals surface area contributed by atoms with E-state index in [9.17, 15) is 9.90 Å². The van der Waals surface area contributed by atoms with Gasteiger partial charge >= 0.3 is 0 Å². The van der Waals surface area contributed by atoms with Gasteiger partial charge in [0.2, 0.25) is 0 Å². The Hall–Kier alpha value is -2.04. The summed E-state index contributed by atoms with van der Waals surface area (Å²) in [6.07, 6.45) is 0. The number of aromatic carboxylic acids is 1. The molecule has 0 amide bonds. The molecular formula is C9H10N3O2-. The first kappa shape index (κ1) is 10.0. The third-order valence-electron chi connectivity index (χ3n) is 1.63. The minimum absolute atomic E-state index is 0.00831. The lowest BCUT2D eigenvalue weighted by Gasteiger charge is -2.02. The summed E-state index contributed by atoms with van der Waals surface area (Å²) in [5.74, 6) is -1.19. The number of hydrogen-bond donors (Lipinski definition) is 2. The summed E-state index contributed by atoms with van der Waals surface area (Å²) in [7, 11) is 0. The topological polar surface area (TPSA) is 105 Å². The number of nitrogens with two attached hydrogens (primary N) is 2. The highest BCUT2D eigenvalue weighted by atomic mass is 16.4. The fourth-order valence-corrected chi connectivity index (χ4v) is 0.929. The van der Waals surface area contributed by atoms with Gasteiger partial charge in [0, 0.05) is 0 Å². The minimum Gasteiger partial charge on any atom is -0.545 e. The molecule has 0 spiro atoms. The number of rotatable bonds is 3. The van der Waals surface area contributed by atoms with Crippen molar-refractivity contribution in [2.24, 2.45) is 16.5 Å². The predicted molar refractivity (Wildman–Crippen MR) is 50.3 cm³/mol. The third-order valence-corrected chi connectivity index (χ3v) is 1.63. The van der Waals surface area contributed by atoms with Crippen molar-refractivity contribution in [3.05, 3.63) is 35.4 Å². The lowest BCUT2D eigenvalue weighted by atomic mass is 10.1. The molecule has 0 saturated carbocycles. The number of carbonyl (C=O) groups excluding carboxylic acids is 1. The zero-order valence-corrected chi connectivity index (χ0v) is 7.43. The molecule has 0 aliphatic heterocycles. The molecule has 14 heavy (non-hydrogen) atoms. The van der Waals surface area contributed by atoms with E-state index in [0.717, 1.165) is 5.56 Å². The number of nitrogens with zero attached hydrogens (tertiary/aromatic N) is 1. The molecule has 0 heterocycles. The van der Waals surface area contributed by atoms with E-state index in [0.29, 0.717) is 6.54 Å². The van der Waals surface area contributed by atoms with Gasteiger partial charge in [-0.2, -0.15) is 0 Å². The number of carbonyl (C=O) groups is 1. The van der Waals surface area contributed by atoms with Crippen LogP contribution in [0, 0.1) is 0 Å². The summed E-state index contributed by atoms with van der Waals surface area (Å²) in [6, 6.07) is 6.18. The van der Waals surface area contributed by atoms with E-state index >= 15 is 0 Å². The van der Waals surface area contributed by atoms with Crippen molar-refractivity contribution in [1.82, 2.24) is 0 Å². The third kappa shape index (κ3) is 2.78. The van der Waals surface area contributed by atoms with Crippen molar-refractivity contribution in [3.8, 4) is 0 Å². The van der Waals surface area contributed by atoms with Crippen LogP contribution in [-0.2, 0) is 6.54 Å². The Kier molecular flexibility index (Phi) is 3.06. The maximum atomic E-state index is 10.4. The summed E-state index contributed by atoms with van der Waals surface area (Å²) in [5.41, 5.74) is 11.3. The Morgan fingerprint density at radius 3 is 2.29 bits per heavy atom. The Morgan fingerprint density at radius 2 is 1.86 bits per heavy atom. The van der Waals surface area contributed by atoms with Gasteiger partial charge in [-0.1, -0.05) is 24.3 Å². The molecule has 5 nitrogen and oxygen atoms in total. The van der Waals surface area contributed by atoms with E-state index in [1.54, 1.807) is 12.1 Å². The first-order valence-electron chi connectivity index (χ1n) is 3.95. The maximum Gasteiger partial charge on any atom is 0.186 e. The first-order valence-corrected chi connectivity index (χ1v) is 3.95. The van der Waals surface area contributed by atoms with Gasteiger partial charge in [-0.25, -0.2) is 4.99 Å². The molecule has 0 atom stereocenters. The molecule has 0 bridgehead atoms. The van der Waals surface area contributed by atoms with Gasteiger partial charge < -0.3 is 21.4 Å². The summed E-state index contributed by atoms with van der Waals surface area (Å²) < 4.78 is 0. The highest BCUT2D eigenvalue weighted by Crippen LogP contribution is 2.04. The summed E-state index contributed by atoms with van der Waals surface area (Å²) in [6.45, 7) is 0.343. The van der Waals surface area contributed by atoms with Gasteiger partial charge in [0.15, 0.2) is 5.96 Å². The number of benzene rings is 1. The molecular weight excluding hydrogens is 182 g/mol. The summed E-state index contributed by atoms with van der Waals surface area (Å²) in [4.78, 5) is 14.2. The monoisotopic (exact) mass is 192 g/mol. The average Bonchev–Trinajstić information content (AvgIpc) is 2.15. The number of hydrogen-bond acceptors (Lipinski definition) is 3. The van der Waals surface area contributed by atoms with Crippen LogP contribution in [0.25, 0.3) is 0 Å². The van der Waals surface area contributed by atoms with E-state index in [-0.39, 0.29) is 11.5 Å². The van der Waals surface area contributed by atoms with E-state index in [1.807, 2.05) is 0 Å². The minimum atomic E-state index is -1.20. The van der Waals surface area contributed by atoms with Crippen LogP contribution in [0.15, 0.2) is 29.3 Å². The lowest BCUT2D eigenvalue weighted by molar-refractivity contribution is -0.255. The molecule has 0 radical (unpaired) electrons. The second kappa shape index (κ2) is 4.27. The van der Waals surface area contributed by atoms with E-state index in [2.05, 4.69) is 4.99 Å². The summed E-state index contributed by atoms with van der Waals surface area (Å²) >= 11 is 0. The zero-order valence-electron chi connectivity index (χ0n) is 7.43. The Morgan fingerprint density at radius 1 is 1.29 bits per heavy atom. The Balaban J connectivity index is 2.74. The highest BCUT2D eigenvalue weighted by molar-refractivity contribution is 5.85. The summed E-state index contributed by atoms with van der Waals surface area (Å²) in [5, 5.41) is 10.4. The van der Waals surface area contributed by atoms with Gasteiger partial charge in [-0.3, -0.25) is 0 Å². The molecule has 1 aromatic carbocycles. The van der Waals surface area contributed by atoms with E-state index in [1.165, 1.54) is 12.1 Å². The highest BCUT2D eigenvalue weighted by Gasteiger charge is 1.94. The molecule has 1 rings (SSSR count). The number of carboxylic acid groups (broad SMARTS) is 1. The van der Waals surface area contributed by atoms with Crippen molar-refractivity contribution < 1.29 is 9.90 Å². The van der Waals surface area contributed by atoms with E-state index < -0.39 is 5.97 Å². The van der Waals surface area contributed by atoms with Crippen LogP contribution in [0.4, 0.5) is 0 Å². The largest absolute Gasteiger partial charge is 0.545 e. The van der Waals surface area contributed by atoms with Crippen molar-refractivity contribution in [2.45, 2.75) is 6.54 Å². The van der Waals surface area contributed by atoms with Crippen molar-refractivity contribution in [2.75, 3.05) is 0 Å². The standard InChI is InChI=1S/C9H11N3O2/c10-9(11)12-5-6-1-3-7(4-2-6)8(13)14/h1-4H,5H2,(H,13,14)(H4,10,11,12)/p-1. The molecule has 74 valence electrons. The van der Waals surface area contributed by atoms with Gasteiger partial charge in [0.25, 0.3) is 0 Å². The first-order chi connectivity index (χ1) is 6.59. The molecule has 5 heteroatoms. The molecule has 0 aliphatic carbocycles. The molecule has 0 fully saturated rings. The van der Waals surface area contributed by atoms with Gasteiger partial charge in [0.1, 0.15) is 0 Å². The fourth-order valence-electron chi connectivity index (χ4n) is 0.929.